The van der Waals surface area contributed by atoms with Gasteiger partial charge in [0.2, 0.25) is 0 Å². The molecule has 0 saturated heterocycles. The molecular formula is C26H32O5S. The SMILES string of the molecule is Cc1ccc(S(=O)(=O)O[C@@H]2C=C3C(=O)C[C@@H]4[C@H](CC[C@]5(C)C(=O)CC[C@@H]45)[C@@]3(C)CC2)cc1. The zero-order valence-electron chi connectivity index (χ0n) is 19.1. The Kier molecular flexibility index (Phi) is 5.06. The summed E-state index contributed by atoms with van der Waals surface area (Å²) < 4.78 is 31.1. The second kappa shape index (κ2) is 7.36. The van der Waals surface area contributed by atoms with Crippen LogP contribution in [0.15, 0.2) is 40.8 Å². The Hall–Kier alpha value is -1.79. The van der Waals surface area contributed by atoms with Crippen molar-refractivity contribution >= 4 is 21.7 Å². The lowest BCUT2D eigenvalue weighted by Crippen LogP contribution is -2.53. The summed E-state index contributed by atoms with van der Waals surface area (Å²) >= 11 is 0. The maximum atomic E-state index is 13.3. The van der Waals surface area contributed by atoms with Crippen LogP contribution in [0.25, 0.3) is 0 Å². The van der Waals surface area contributed by atoms with Crippen LogP contribution in [-0.2, 0) is 23.9 Å². The summed E-state index contributed by atoms with van der Waals surface area (Å²) in [6.07, 6.45) is 6.35. The van der Waals surface area contributed by atoms with Crippen LogP contribution in [0.5, 0.6) is 0 Å². The number of fused-ring (bicyclic) bond motifs is 5. The predicted octanol–water partition coefficient (Wildman–Crippen LogP) is 4.78. The van der Waals surface area contributed by atoms with Gasteiger partial charge in [0.15, 0.2) is 5.78 Å². The average Bonchev–Trinajstić information content (AvgIpc) is 3.04. The molecule has 3 saturated carbocycles. The van der Waals surface area contributed by atoms with E-state index in [2.05, 4.69) is 13.8 Å². The number of benzene rings is 1. The zero-order chi connectivity index (χ0) is 22.9. The number of rotatable bonds is 3. The Morgan fingerprint density at radius 2 is 1.59 bits per heavy atom. The molecule has 0 radical (unpaired) electrons. The van der Waals surface area contributed by atoms with Gasteiger partial charge in [0.05, 0.1) is 11.0 Å². The molecule has 0 bridgehead atoms. The normalized spacial score (nSPS) is 39.2. The quantitative estimate of drug-likeness (QED) is 0.612. The van der Waals surface area contributed by atoms with Gasteiger partial charge in [-0.2, -0.15) is 8.42 Å². The number of Topliss-reactive ketones (excluding diaryl/α,β-unsaturated/α-hetero) is 2. The number of carbonyl (C=O) groups is 2. The smallest absolute Gasteiger partial charge is 0.297 e. The molecule has 0 heterocycles. The first kappa shape index (κ1) is 22.0. The monoisotopic (exact) mass is 456 g/mol. The van der Waals surface area contributed by atoms with Crippen LogP contribution in [0.2, 0.25) is 0 Å². The van der Waals surface area contributed by atoms with Crippen LogP contribution < -0.4 is 0 Å². The zero-order valence-corrected chi connectivity index (χ0v) is 19.9. The van der Waals surface area contributed by atoms with Crippen LogP contribution >= 0.6 is 0 Å². The van der Waals surface area contributed by atoms with E-state index < -0.39 is 16.2 Å². The van der Waals surface area contributed by atoms with E-state index in [1.54, 1.807) is 30.3 Å². The third-order valence-corrected chi connectivity index (χ3v) is 10.5. The maximum absolute atomic E-state index is 13.3. The van der Waals surface area contributed by atoms with E-state index in [4.69, 9.17) is 4.18 Å². The van der Waals surface area contributed by atoms with Gasteiger partial charge in [0, 0.05) is 18.3 Å². The molecule has 4 aliphatic rings. The van der Waals surface area contributed by atoms with Gasteiger partial charge in [-0.3, -0.25) is 13.8 Å². The number of allylic oxidation sites excluding steroid dienone is 1. The topological polar surface area (TPSA) is 77.5 Å². The molecular weight excluding hydrogens is 424 g/mol. The van der Waals surface area contributed by atoms with E-state index in [1.165, 1.54) is 0 Å². The Bertz CT molecular complexity index is 1100. The van der Waals surface area contributed by atoms with Crippen molar-refractivity contribution in [3.63, 3.8) is 0 Å². The third kappa shape index (κ3) is 3.25. The van der Waals surface area contributed by atoms with E-state index in [1.807, 2.05) is 6.92 Å². The molecule has 6 atom stereocenters. The summed E-state index contributed by atoms with van der Waals surface area (Å²) in [6, 6.07) is 6.62. The Labute approximate surface area is 190 Å². The number of aryl methyl sites for hydroxylation is 1. The van der Waals surface area contributed by atoms with Gasteiger partial charge in [-0.1, -0.05) is 31.5 Å². The molecule has 1 aromatic carbocycles. The van der Waals surface area contributed by atoms with Crippen molar-refractivity contribution in [1.29, 1.82) is 0 Å². The summed E-state index contributed by atoms with van der Waals surface area (Å²) in [5, 5.41) is 0. The minimum absolute atomic E-state index is 0.110. The number of ketones is 2. The standard InChI is InChI=1S/C26H32O5S/c1-16-4-6-18(7-5-16)32(29,30)31-17-10-12-25(2)21-11-13-26(3)20(8-9-24(26)28)19(21)15-23(27)22(25)14-17/h4-7,14,17,19-21H,8-13,15H2,1-3H3/t17-,19-,20-,21-,25+,26-/m0/s1. The van der Waals surface area contributed by atoms with Crippen molar-refractivity contribution in [2.75, 3.05) is 0 Å². The Balaban J connectivity index is 1.41. The van der Waals surface area contributed by atoms with Gasteiger partial charge in [-0.05, 0) is 86.0 Å². The summed E-state index contributed by atoms with van der Waals surface area (Å²) in [4.78, 5) is 26.1. The highest BCUT2D eigenvalue weighted by Gasteiger charge is 2.60. The Morgan fingerprint density at radius 3 is 2.31 bits per heavy atom. The molecule has 3 fully saturated rings. The lowest BCUT2D eigenvalue weighted by Gasteiger charge is -2.56. The summed E-state index contributed by atoms with van der Waals surface area (Å²) in [5.74, 6) is 1.40. The van der Waals surface area contributed by atoms with E-state index >= 15 is 0 Å². The first-order valence-corrected chi connectivity index (χ1v) is 13.2. The summed E-state index contributed by atoms with van der Waals surface area (Å²) in [7, 11) is -3.89. The van der Waals surface area contributed by atoms with Gasteiger partial charge >= 0.3 is 0 Å². The van der Waals surface area contributed by atoms with Crippen molar-refractivity contribution in [2.24, 2.45) is 28.6 Å². The van der Waals surface area contributed by atoms with Gasteiger partial charge in [-0.15, -0.1) is 0 Å². The predicted molar refractivity (Wildman–Crippen MR) is 120 cm³/mol. The third-order valence-electron chi connectivity index (χ3n) is 9.16. The molecule has 0 spiro atoms. The van der Waals surface area contributed by atoms with Crippen molar-refractivity contribution < 1.29 is 22.2 Å². The molecule has 0 unspecified atom stereocenters. The molecule has 5 nitrogen and oxygen atoms in total. The van der Waals surface area contributed by atoms with Crippen LogP contribution in [0.3, 0.4) is 0 Å². The lowest BCUT2D eigenvalue weighted by atomic mass is 9.47. The van der Waals surface area contributed by atoms with Gasteiger partial charge in [0.1, 0.15) is 5.78 Å². The number of hydrogen-bond acceptors (Lipinski definition) is 5. The molecule has 32 heavy (non-hydrogen) atoms. The first-order chi connectivity index (χ1) is 15.0. The fourth-order valence-electron chi connectivity index (χ4n) is 7.29. The highest BCUT2D eigenvalue weighted by atomic mass is 32.2. The van der Waals surface area contributed by atoms with Crippen molar-refractivity contribution in [3.8, 4) is 0 Å². The fourth-order valence-corrected chi connectivity index (χ4v) is 8.35. The molecule has 172 valence electrons. The number of carbonyl (C=O) groups excluding carboxylic acids is 2. The minimum Gasteiger partial charge on any atom is -0.299 e. The van der Waals surface area contributed by atoms with E-state index in [9.17, 15) is 18.0 Å². The molecule has 4 aliphatic carbocycles. The van der Waals surface area contributed by atoms with Gasteiger partial charge < -0.3 is 0 Å². The Morgan fingerprint density at radius 1 is 0.938 bits per heavy atom. The van der Waals surface area contributed by atoms with Crippen molar-refractivity contribution in [3.05, 3.63) is 41.5 Å². The highest BCUT2D eigenvalue weighted by Crippen LogP contribution is 2.63. The van der Waals surface area contributed by atoms with Crippen molar-refractivity contribution in [2.45, 2.75) is 76.7 Å². The van der Waals surface area contributed by atoms with Crippen LogP contribution in [0, 0.1) is 35.5 Å². The van der Waals surface area contributed by atoms with Gasteiger partial charge in [-0.25, -0.2) is 0 Å². The molecule has 0 aliphatic heterocycles. The van der Waals surface area contributed by atoms with E-state index in [0.717, 1.165) is 36.8 Å². The minimum atomic E-state index is -3.89. The molecule has 1 aromatic rings. The maximum Gasteiger partial charge on any atom is 0.297 e. The molecule has 5 rings (SSSR count). The first-order valence-electron chi connectivity index (χ1n) is 11.8. The second-order valence-electron chi connectivity index (χ2n) is 10.9. The van der Waals surface area contributed by atoms with Crippen LogP contribution in [-0.4, -0.2) is 26.1 Å². The largest absolute Gasteiger partial charge is 0.299 e. The van der Waals surface area contributed by atoms with Crippen LogP contribution in [0.1, 0.15) is 64.4 Å². The molecule has 6 heteroatoms. The highest BCUT2D eigenvalue weighted by molar-refractivity contribution is 7.86. The second-order valence-corrected chi connectivity index (χ2v) is 12.4. The van der Waals surface area contributed by atoms with Crippen molar-refractivity contribution in [1.82, 2.24) is 0 Å². The van der Waals surface area contributed by atoms with Gasteiger partial charge in [0.25, 0.3) is 10.1 Å². The van der Waals surface area contributed by atoms with E-state index in [0.29, 0.717) is 36.9 Å². The molecule has 0 amide bonds. The molecule has 0 N–H and O–H groups in total. The fraction of sp³-hybridized carbons (Fsp3) is 0.615. The van der Waals surface area contributed by atoms with E-state index in [-0.39, 0.29) is 27.4 Å². The van der Waals surface area contributed by atoms with Crippen LogP contribution in [0.4, 0.5) is 0 Å². The lowest BCUT2D eigenvalue weighted by molar-refractivity contribution is -0.137. The molecule has 0 aromatic heterocycles. The summed E-state index contributed by atoms with van der Waals surface area (Å²) in [5.41, 5.74) is 1.21. The summed E-state index contributed by atoms with van der Waals surface area (Å²) in [6.45, 7) is 6.20. The number of hydrogen-bond donors (Lipinski definition) is 0. The average molecular weight is 457 g/mol.